The Bertz CT molecular complexity index is 574. The second-order valence-corrected chi connectivity index (χ2v) is 5.24. The zero-order valence-corrected chi connectivity index (χ0v) is 11.8. The van der Waals surface area contributed by atoms with Crippen molar-refractivity contribution in [3.8, 4) is 5.75 Å². The minimum Gasteiger partial charge on any atom is -0.497 e. The van der Waals surface area contributed by atoms with Crippen molar-refractivity contribution in [2.24, 2.45) is 0 Å². The quantitative estimate of drug-likeness (QED) is 0.504. The number of rotatable bonds is 5. The van der Waals surface area contributed by atoms with E-state index in [1.165, 1.54) is 11.8 Å². The number of amides is 1. The Labute approximate surface area is 121 Å². The first-order valence-electron chi connectivity index (χ1n) is 6.04. The maximum absolute atomic E-state index is 11.9. The molecule has 0 aliphatic rings. The molecule has 2 aromatic rings. The Kier molecular flexibility index (Phi) is 5.03. The molecule has 0 fully saturated rings. The maximum atomic E-state index is 11.9. The summed E-state index contributed by atoms with van der Waals surface area (Å²) in [5, 5.41) is 8.39. The smallest absolute Gasteiger partial charge is 0.261 e. The summed E-state index contributed by atoms with van der Waals surface area (Å²) in [7, 11) is 1.60. The highest BCUT2D eigenvalue weighted by Gasteiger charge is 2.21. The molecule has 0 saturated heterocycles. The largest absolute Gasteiger partial charge is 0.497 e. The van der Waals surface area contributed by atoms with Crippen molar-refractivity contribution in [1.82, 2.24) is 5.48 Å². The highest BCUT2D eigenvalue weighted by Crippen LogP contribution is 2.36. The van der Waals surface area contributed by atoms with Gasteiger partial charge in [0, 0.05) is 4.90 Å². The fourth-order valence-electron chi connectivity index (χ4n) is 1.77. The lowest BCUT2D eigenvalue weighted by molar-refractivity contribution is -0.128. The van der Waals surface area contributed by atoms with Crippen LogP contribution >= 0.6 is 11.8 Å². The van der Waals surface area contributed by atoms with E-state index in [4.69, 9.17) is 9.94 Å². The Morgan fingerprint density at radius 3 is 2.60 bits per heavy atom. The third kappa shape index (κ3) is 3.53. The van der Waals surface area contributed by atoms with Crippen LogP contribution in [0.4, 0.5) is 0 Å². The van der Waals surface area contributed by atoms with E-state index in [0.29, 0.717) is 0 Å². The lowest BCUT2D eigenvalue weighted by atomic mass is 10.1. The number of hydroxylamine groups is 1. The normalized spacial score (nSPS) is 11.7. The first-order chi connectivity index (χ1) is 9.74. The number of thioether (sulfide) groups is 1. The molecule has 5 heteroatoms. The van der Waals surface area contributed by atoms with Gasteiger partial charge >= 0.3 is 0 Å². The summed E-state index contributed by atoms with van der Waals surface area (Å²) in [6, 6.07) is 16.8. The topological polar surface area (TPSA) is 58.6 Å². The van der Waals surface area contributed by atoms with Gasteiger partial charge in [0.2, 0.25) is 0 Å². The van der Waals surface area contributed by atoms with Gasteiger partial charge in [-0.25, -0.2) is 5.48 Å². The number of ether oxygens (including phenoxy) is 1. The van der Waals surface area contributed by atoms with Crippen molar-refractivity contribution in [2.45, 2.75) is 10.1 Å². The lowest BCUT2D eigenvalue weighted by Crippen LogP contribution is -2.24. The maximum Gasteiger partial charge on any atom is 0.261 e. The van der Waals surface area contributed by atoms with Crippen LogP contribution in [0.3, 0.4) is 0 Å². The van der Waals surface area contributed by atoms with Crippen LogP contribution in [0.15, 0.2) is 59.5 Å². The molecule has 0 aromatic heterocycles. The molecule has 0 saturated carbocycles. The SMILES string of the molecule is COc1cccc(SC(C(=O)NO)c2ccccc2)c1. The van der Waals surface area contributed by atoms with Crippen LogP contribution in [-0.2, 0) is 4.79 Å². The minimum absolute atomic E-state index is 0.455. The number of methoxy groups -OCH3 is 1. The van der Waals surface area contributed by atoms with E-state index >= 15 is 0 Å². The predicted molar refractivity (Wildman–Crippen MR) is 78.0 cm³/mol. The third-order valence-electron chi connectivity index (χ3n) is 2.75. The highest BCUT2D eigenvalue weighted by molar-refractivity contribution is 8.00. The van der Waals surface area contributed by atoms with Gasteiger partial charge in [-0.1, -0.05) is 36.4 Å². The number of hydrogen-bond acceptors (Lipinski definition) is 4. The number of carbonyl (C=O) groups excluding carboxylic acids is 1. The summed E-state index contributed by atoms with van der Waals surface area (Å²) in [4.78, 5) is 12.7. The lowest BCUT2D eigenvalue weighted by Gasteiger charge is -2.15. The van der Waals surface area contributed by atoms with Gasteiger partial charge in [-0.3, -0.25) is 10.0 Å². The molecule has 1 amide bonds. The van der Waals surface area contributed by atoms with E-state index < -0.39 is 11.2 Å². The van der Waals surface area contributed by atoms with E-state index in [1.807, 2.05) is 54.6 Å². The van der Waals surface area contributed by atoms with E-state index in [1.54, 1.807) is 12.6 Å². The van der Waals surface area contributed by atoms with Gasteiger partial charge in [-0.05, 0) is 23.8 Å². The molecule has 1 unspecified atom stereocenters. The Balaban J connectivity index is 2.26. The molecule has 2 aromatic carbocycles. The zero-order chi connectivity index (χ0) is 14.4. The first-order valence-corrected chi connectivity index (χ1v) is 6.92. The van der Waals surface area contributed by atoms with Crippen molar-refractivity contribution in [2.75, 3.05) is 7.11 Å². The van der Waals surface area contributed by atoms with E-state index in [-0.39, 0.29) is 0 Å². The highest BCUT2D eigenvalue weighted by atomic mass is 32.2. The third-order valence-corrected chi connectivity index (χ3v) is 3.99. The Morgan fingerprint density at radius 1 is 1.20 bits per heavy atom. The fourth-order valence-corrected chi connectivity index (χ4v) is 2.84. The molecule has 0 aliphatic carbocycles. The molecule has 0 heterocycles. The van der Waals surface area contributed by atoms with Gasteiger partial charge in [0.15, 0.2) is 0 Å². The summed E-state index contributed by atoms with van der Waals surface area (Å²) in [6.45, 7) is 0. The van der Waals surface area contributed by atoms with Crippen LogP contribution in [0.25, 0.3) is 0 Å². The van der Waals surface area contributed by atoms with E-state index in [2.05, 4.69) is 0 Å². The number of carbonyl (C=O) groups is 1. The van der Waals surface area contributed by atoms with Crippen molar-refractivity contribution < 1.29 is 14.7 Å². The Morgan fingerprint density at radius 2 is 1.95 bits per heavy atom. The molecule has 0 radical (unpaired) electrons. The van der Waals surface area contributed by atoms with Gasteiger partial charge < -0.3 is 4.74 Å². The second kappa shape index (κ2) is 6.98. The fraction of sp³-hybridized carbons (Fsp3) is 0.133. The summed E-state index contributed by atoms with van der Waals surface area (Å²) in [5.74, 6) is 0.273. The van der Waals surface area contributed by atoms with Gasteiger partial charge in [0.05, 0.1) is 7.11 Å². The van der Waals surface area contributed by atoms with Crippen molar-refractivity contribution >= 4 is 17.7 Å². The monoisotopic (exact) mass is 289 g/mol. The van der Waals surface area contributed by atoms with Crippen LogP contribution in [0, 0.1) is 0 Å². The van der Waals surface area contributed by atoms with Crippen LogP contribution < -0.4 is 10.2 Å². The molecule has 2 N–H and O–H groups in total. The summed E-state index contributed by atoms with van der Waals surface area (Å²) < 4.78 is 5.17. The predicted octanol–water partition coefficient (Wildman–Crippen LogP) is 3.03. The van der Waals surface area contributed by atoms with Gasteiger partial charge in [0.25, 0.3) is 5.91 Å². The minimum atomic E-state index is -0.520. The van der Waals surface area contributed by atoms with Crippen molar-refractivity contribution in [3.05, 3.63) is 60.2 Å². The van der Waals surface area contributed by atoms with E-state index in [0.717, 1.165) is 16.2 Å². The molecular weight excluding hydrogens is 274 g/mol. The second-order valence-electron chi connectivity index (χ2n) is 4.06. The van der Waals surface area contributed by atoms with Crippen LogP contribution in [-0.4, -0.2) is 18.2 Å². The number of benzene rings is 2. The average Bonchev–Trinajstić information content (AvgIpc) is 2.53. The standard InChI is InChI=1S/C15H15NO3S/c1-19-12-8-5-9-13(10-12)20-14(15(17)16-18)11-6-3-2-4-7-11/h2-10,14,18H,1H3,(H,16,17). The average molecular weight is 289 g/mol. The summed E-state index contributed by atoms with van der Waals surface area (Å²) >= 11 is 1.35. The van der Waals surface area contributed by atoms with Crippen molar-refractivity contribution in [1.29, 1.82) is 0 Å². The molecule has 104 valence electrons. The van der Waals surface area contributed by atoms with Crippen LogP contribution in [0.5, 0.6) is 5.75 Å². The van der Waals surface area contributed by atoms with E-state index in [9.17, 15) is 4.79 Å². The molecule has 4 nitrogen and oxygen atoms in total. The summed E-state index contributed by atoms with van der Waals surface area (Å²) in [6.07, 6.45) is 0. The molecular formula is C15H15NO3S. The molecule has 0 aliphatic heterocycles. The molecule has 0 spiro atoms. The van der Waals surface area contributed by atoms with Crippen LogP contribution in [0.2, 0.25) is 0 Å². The molecule has 2 rings (SSSR count). The Hall–Kier alpha value is -1.98. The molecule has 20 heavy (non-hydrogen) atoms. The van der Waals surface area contributed by atoms with Crippen LogP contribution in [0.1, 0.15) is 10.8 Å². The molecule has 0 bridgehead atoms. The number of nitrogens with one attached hydrogen (secondary N) is 1. The first kappa shape index (κ1) is 14.4. The number of hydrogen-bond donors (Lipinski definition) is 2. The van der Waals surface area contributed by atoms with Gasteiger partial charge in [-0.2, -0.15) is 0 Å². The summed E-state index contributed by atoms with van der Waals surface area (Å²) in [5.41, 5.74) is 2.55. The van der Waals surface area contributed by atoms with Gasteiger partial charge in [0.1, 0.15) is 11.0 Å². The van der Waals surface area contributed by atoms with Crippen molar-refractivity contribution in [3.63, 3.8) is 0 Å². The zero-order valence-electron chi connectivity index (χ0n) is 10.9. The molecule has 1 atom stereocenters. The van der Waals surface area contributed by atoms with Gasteiger partial charge in [-0.15, -0.1) is 11.8 Å².